The number of carbonyl (C=O) groups excluding carboxylic acids is 1. The Balaban J connectivity index is 2.90. The van der Waals surface area contributed by atoms with Crippen LogP contribution in [0.15, 0.2) is 18.2 Å². The Morgan fingerprint density at radius 1 is 1.41 bits per heavy atom. The highest BCUT2D eigenvalue weighted by Crippen LogP contribution is 2.18. The number of carbonyl (C=O) groups is 1. The number of anilines is 1. The molecule has 0 atom stereocenters. The molecule has 94 valence electrons. The van der Waals surface area contributed by atoms with Gasteiger partial charge in [0, 0.05) is 26.3 Å². The molecule has 0 aliphatic heterocycles. The van der Waals surface area contributed by atoms with Crippen molar-refractivity contribution in [2.75, 3.05) is 26.0 Å². The molecule has 0 heterocycles. The fraction of sp³-hybridized carbons (Fsp3) is 0.500. The van der Waals surface area contributed by atoms with Crippen LogP contribution in [0.1, 0.15) is 35.7 Å². The van der Waals surface area contributed by atoms with Crippen molar-refractivity contribution < 1.29 is 4.79 Å². The van der Waals surface area contributed by atoms with Crippen LogP contribution in [0.5, 0.6) is 0 Å². The lowest BCUT2D eigenvalue weighted by Gasteiger charge is -2.19. The van der Waals surface area contributed by atoms with Gasteiger partial charge in [0.25, 0.3) is 5.91 Å². The quantitative estimate of drug-likeness (QED) is 0.849. The first kappa shape index (κ1) is 13.6. The minimum absolute atomic E-state index is 0.0894. The summed E-state index contributed by atoms with van der Waals surface area (Å²) in [6.07, 6.45) is 2.15. The molecule has 0 fully saturated rings. The standard InChI is InChI=1S/C14H22N2O/c1-5-6-9-16(4)14(17)12-10-11(2)7-8-13(12)15-3/h7-8,10,15H,5-6,9H2,1-4H3. The second-order valence-electron chi connectivity index (χ2n) is 4.38. The van der Waals surface area contributed by atoms with Gasteiger partial charge in [-0.1, -0.05) is 25.0 Å². The third-order valence-electron chi connectivity index (χ3n) is 2.87. The largest absolute Gasteiger partial charge is 0.387 e. The van der Waals surface area contributed by atoms with Gasteiger partial charge >= 0.3 is 0 Å². The van der Waals surface area contributed by atoms with Crippen molar-refractivity contribution in [1.29, 1.82) is 0 Å². The van der Waals surface area contributed by atoms with E-state index in [1.165, 1.54) is 0 Å². The number of benzene rings is 1. The minimum atomic E-state index is 0.0894. The summed E-state index contributed by atoms with van der Waals surface area (Å²) in [6, 6.07) is 5.90. The number of unbranched alkanes of at least 4 members (excludes halogenated alkanes) is 1. The van der Waals surface area contributed by atoms with Crippen LogP contribution >= 0.6 is 0 Å². The number of nitrogens with one attached hydrogen (secondary N) is 1. The average Bonchev–Trinajstić information content (AvgIpc) is 2.34. The molecule has 0 radical (unpaired) electrons. The molecule has 0 saturated heterocycles. The maximum atomic E-state index is 12.3. The number of amides is 1. The van der Waals surface area contributed by atoms with Crippen LogP contribution in [0.4, 0.5) is 5.69 Å². The highest BCUT2D eigenvalue weighted by Gasteiger charge is 2.14. The fourth-order valence-corrected chi connectivity index (χ4v) is 1.76. The van der Waals surface area contributed by atoms with Crippen LogP contribution in [0.25, 0.3) is 0 Å². The smallest absolute Gasteiger partial charge is 0.255 e. The maximum Gasteiger partial charge on any atom is 0.255 e. The van der Waals surface area contributed by atoms with E-state index in [2.05, 4.69) is 12.2 Å². The van der Waals surface area contributed by atoms with Gasteiger partial charge in [-0.05, 0) is 25.5 Å². The summed E-state index contributed by atoms with van der Waals surface area (Å²) >= 11 is 0. The first-order valence-corrected chi connectivity index (χ1v) is 6.14. The van der Waals surface area contributed by atoms with Gasteiger partial charge in [-0.15, -0.1) is 0 Å². The molecule has 1 aromatic rings. The zero-order chi connectivity index (χ0) is 12.8. The van der Waals surface area contributed by atoms with Crippen LogP contribution < -0.4 is 5.32 Å². The van der Waals surface area contributed by atoms with Gasteiger partial charge in [0.2, 0.25) is 0 Å². The second-order valence-corrected chi connectivity index (χ2v) is 4.38. The molecule has 0 aromatic heterocycles. The molecule has 1 aromatic carbocycles. The van der Waals surface area contributed by atoms with Gasteiger partial charge in [0.05, 0.1) is 5.56 Å². The van der Waals surface area contributed by atoms with Gasteiger partial charge in [-0.3, -0.25) is 4.79 Å². The molecule has 3 heteroatoms. The lowest BCUT2D eigenvalue weighted by Crippen LogP contribution is -2.28. The molecule has 1 rings (SSSR count). The molecule has 0 saturated carbocycles. The van der Waals surface area contributed by atoms with Crippen molar-refractivity contribution >= 4 is 11.6 Å². The average molecular weight is 234 g/mol. The molecule has 0 bridgehead atoms. The summed E-state index contributed by atoms with van der Waals surface area (Å²) < 4.78 is 0. The molecular formula is C14H22N2O. The second kappa shape index (κ2) is 6.28. The molecule has 17 heavy (non-hydrogen) atoms. The van der Waals surface area contributed by atoms with Crippen LogP contribution in [-0.2, 0) is 0 Å². The van der Waals surface area contributed by atoms with E-state index >= 15 is 0 Å². The van der Waals surface area contributed by atoms with E-state index in [0.717, 1.165) is 36.2 Å². The molecule has 1 N–H and O–H groups in total. The Hall–Kier alpha value is -1.51. The summed E-state index contributed by atoms with van der Waals surface area (Å²) in [7, 11) is 3.70. The Kier molecular flexibility index (Phi) is 5.01. The van der Waals surface area contributed by atoms with Crippen molar-refractivity contribution in [3.05, 3.63) is 29.3 Å². The van der Waals surface area contributed by atoms with Gasteiger partial charge in [-0.25, -0.2) is 0 Å². The zero-order valence-corrected chi connectivity index (χ0v) is 11.2. The van der Waals surface area contributed by atoms with E-state index in [-0.39, 0.29) is 5.91 Å². The highest BCUT2D eigenvalue weighted by atomic mass is 16.2. The molecule has 0 spiro atoms. The van der Waals surface area contributed by atoms with E-state index in [1.807, 2.05) is 39.2 Å². The Bertz CT molecular complexity index is 388. The number of aryl methyl sites for hydroxylation is 1. The number of hydrogen-bond acceptors (Lipinski definition) is 2. The Morgan fingerprint density at radius 2 is 2.12 bits per heavy atom. The molecule has 0 unspecified atom stereocenters. The highest BCUT2D eigenvalue weighted by molar-refractivity contribution is 5.99. The summed E-state index contributed by atoms with van der Waals surface area (Å²) in [5.74, 6) is 0.0894. The van der Waals surface area contributed by atoms with Gasteiger partial charge < -0.3 is 10.2 Å². The Morgan fingerprint density at radius 3 is 2.71 bits per heavy atom. The maximum absolute atomic E-state index is 12.3. The molecule has 0 aliphatic carbocycles. The van der Waals surface area contributed by atoms with Crippen molar-refractivity contribution in [2.24, 2.45) is 0 Å². The van der Waals surface area contributed by atoms with Crippen LogP contribution in [0.3, 0.4) is 0 Å². The molecular weight excluding hydrogens is 212 g/mol. The molecule has 1 amide bonds. The zero-order valence-electron chi connectivity index (χ0n) is 11.2. The van der Waals surface area contributed by atoms with E-state index < -0.39 is 0 Å². The summed E-state index contributed by atoms with van der Waals surface area (Å²) in [4.78, 5) is 14.1. The fourth-order valence-electron chi connectivity index (χ4n) is 1.76. The van der Waals surface area contributed by atoms with E-state index in [0.29, 0.717) is 0 Å². The lowest BCUT2D eigenvalue weighted by atomic mass is 10.1. The first-order valence-electron chi connectivity index (χ1n) is 6.14. The SMILES string of the molecule is CCCCN(C)C(=O)c1cc(C)ccc1NC. The van der Waals surface area contributed by atoms with Gasteiger partial charge in [0.15, 0.2) is 0 Å². The number of nitrogens with zero attached hydrogens (tertiary/aromatic N) is 1. The van der Waals surface area contributed by atoms with Crippen LogP contribution in [-0.4, -0.2) is 31.4 Å². The lowest BCUT2D eigenvalue weighted by molar-refractivity contribution is 0.0794. The Labute approximate surface area is 104 Å². The normalized spacial score (nSPS) is 10.1. The number of hydrogen-bond donors (Lipinski definition) is 1. The monoisotopic (exact) mass is 234 g/mol. The molecule has 3 nitrogen and oxygen atoms in total. The van der Waals surface area contributed by atoms with Crippen molar-refractivity contribution in [2.45, 2.75) is 26.7 Å². The number of rotatable bonds is 5. The van der Waals surface area contributed by atoms with Crippen molar-refractivity contribution in [3.63, 3.8) is 0 Å². The van der Waals surface area contributed by atoms with E-state index in [9.17, 15) is 4.79 Å². The molecule has 0 aliphatic rings. The summed E-state index contributed by atoms with van der Waals surface area (Å²) in [5.41, 5.74) is 2.76. The van der Waals surface area contributed by atoms with Gasteiger partial charge in [0.1, 0.15) is 0 Å². The summed E-state index contributed by atoms with van der Waals surface area (Å²) in [5, 5.41) is 3.07. The third-order valence-corrected chi connectivity index (χ3v) is 2.87. The predicted octanol–water partition coefficient (Wildman–Crippen LogP) is 2.91. The van der Waals surface area contributed by atoms with Crippen LogP contribution in [0, 0.1) is 6.92 Å². The first-order chi connectivity index (χ1) is 8.10. The van der Waals surface area contributed by atoms with Crippen molar-refractivity contribution in [3.8, 4) is 0 Å². The predicted molar refractivity (Wildman–Crippen MR) is 72.6 cm³/mol. The topological polar surface area (TPSA) is 32.3 Å². The minimum Gasteiger partial charge on any atom is -0.387 e. The van der Waals surface area contributed by atoms with E-state index in [4.69, 9.17) is 0 Å². The summed E-state index contributed by atoms with van der Waals surface area (Å²) in [6.45, 7) is 4.94. The van der Waals surface area contributed by atoms with Gasteiger partial charge in [-0.2, -0.15) is 0 Å². The third kappa shape index (κ3) is 3.48. The van der Waals surface area contributed by atoms with E-state index in [1.54, 1.807) is 4.90 Å². The van der Waals surface area contributed by atoms with Crippen molar-refractivity contribution in [1.82, 2.24) is 4.90 Å². The van der Waals surface area contributed by atoms with Crippen LogP contribution in [0.2, 0.25) is 0 Å².